The third kappa shape index (κ3) is 4.07. The Morgan fingerprint density at radius 2 is 1.76 bits per heavy atom. The van der Waals surface area contributed by atoms with Crippen LogP contribution in [0.4, 0.5) is 0 Å². The molecule has 0 aliphatic carbocycles. The lowest BCUT2D eigenvalue weighted by Gasteiger charge is -2.10. The van der Waals surface area contributed by atoms with Crippen LogP contribution in [-0.2, 0) is 7.05 Å². The van der Waals surface area contributed by atoms with Crippen molar-refractivity contribution in [3.05, 3.63) is 51.0 Å². The van der Waals surface area contributed by atoms with E-state index in [9.17, 15) is 5.26 Å². The first kappa shape index (κ1) is 19.1. The summed E-state index contributed by atoms with van der Waals surface area (Å²) in [6.45, 7) is 4.00. The van der Waals surface area contributed by atoms with Gasteiger partial charge in [-0.25, -0.2) is 4.98 Å². The van der Waals surface area contributed by atoms with Gasteiger partial charge >= 0.3 is 0 Å². The fourth-order valence-electron chi connectivity index (χ4n) is 2.26. The van der Waals surface area contributed by atoms with Gasteiger partial charge in [-0.15, -0.1) is 0 Å². The number of aromatic nitrogens is 4. The topological polar surface area (TPSA) is 70.3 Å². The van der Waals surface area contributed by atoms with Crippen molar-refractivity contribution in [3.8, 4) is 28.6 Å². The number of nitrogens with one attached hydrogen (secondary N) is 1. The van der Waals surface area contributed by atoms with Crippen LogP contribution in [0.2, 0.25) is 10.3 Å². The molecule has 0 unspecified atom stereocenters. The molecule has 1 N–H and O–H groups in total. The molecule has 0 aliphatic heterocycles. The van der Waals surface area contributed by atoms with Crippen LogP contribution < -0.4 is 0 Å². The van der Waals surface area contributed by atoms with Crippen molar-refractivity contribution in [2.75, 3.05) is 0 Å². The highest BCUT2D eigenvalue weighted by atomic mass is 35.5. The van der Waals surface area contributed by atoms with Gasteiger partial charge in [-0.05, 0) is 53.7 Å². The first-order chi connectivity index (χ1) is 12.0. The van der Waals surface area contributed by atoms with Crippen LogP contribution in [0.3, 0.4) is 0 Å². The average molecular weight is 392 g/mol. The maximum Gasteiger partial charge on any atom is 0.195 e. The van der Waals surface area contributed by atoms with Crippen LogP contribution in [0.15, 0.2) is 30.3 Å². The van der Waals surface area contributed by atoms with Gasteiger partial charge in [-0.3, -0.25) is 5.10 Å². The molecule has 0 saturated heterocycles. The summed E-state index contributed by atoms with van der Waals surface area (Å²) in [5.74, 6) is 0.651. The average Bonchev–Trinajstić information content (AvgIpc) is 2.94. The second-order valence-corrected chi connectivity index (χ2v) is 5.95. The molecule has 1 aromatic carbocycles. The summed E-state index contributed by atoms with van der Waals surface area (Å²) >= 11 is 17.2. The minimum absolute atomic E-state index is 0.274. The second kappa shape index (κ2) is 8.26. The minimum atomic E-state index is 0.274. The molecule has 8 heteroatoms. The van der Waals surface area contributed by atoms with Gasteiger partial charge in [-0.1, -0.05) is 37.0 Å². The molecule has 128 valence electrons. The Balaban J connectivity index is 0.00000109. The standard InChI is InChI=1S/C15H9Cl2N5S.C2H6/c1-22-14(20-21-15(22)23)10-3-2-8(7-18)4-11(10)9-5-12(16)19-13(17)6-9;1-2/h2-6H,1H3,(H,21,23);1-2H3. The number of pyridine rings is 1. The molecule has 0 amide bonds. The van der Waals surface area contributed by atoms with Gasteiger partial charge in [0, 0.05) is 12.6 Å². The van der Waals surface area contributed by atoms with Crippen LogP contribution in [-0.4, -0.2) is 19.7 Å². The van der Waals surface area contributed by atoms with E-state index in [4.69, 9.17) is 35.4 Å². The Bertz CT molecular complexity index is 981. The zero-order chi connectivity index (χ0) is 18.6. The molecule has 5 nitrogen and oxygen atoms in total. The van der Waals surface area contributed by atoms with E-state index in [-0.39, 0.29) is 10.3 Å². The van der Waals surface area contributed by atoms with Crippen molar-refractivity contribution >= 4 is 35.4 Å². The molecule has 2 aromatic heterocycles. The molecule has 0 bridgehead atoms. The van der Waals surface area contributed by atoms with Crippen molar-refractivity contribution in [2.45, 2.75) is 13.8 Å². The number of halogens is 2. The maximum absolute atomic E-state index is 9.18. The van der Waals surface area contributed by atoms with Gasteiger partial charge in [0.1, 0.15) is 10.3 Å². The van der Waals surface area contributed by atoms with Crippen LogP contribution in [0.5, 0.6) is 0 Å². The predicted molar refractivity (Wildman–Crippen MR) is 103 cm³/mol. The van der Waals surface area contributed by atoms with Gasteiger partial charge in [0.2, 0.25) is 0 Å². The monoisotopic (exact) mass is 391 g/mol. The Morgan fingerprint density at radius 3 is 2.28 bits per heavy atom. The lowest BCUT2D eigenvalue weighted by atomic mass is 9.97. The summed E-state index contributed by atoms with van der Waals surface area (Å²) < 4.78 is 2.26. The maximum atomic E-state index is 9.18. The summed E-state index contributed by atoms with van der Waals surface area (Å²) in [4.78, 5) is 3.95. The van der Waals surface area contributed by atoms with E-state index in [1.54, 1.807) is 28.8 Å². The van der Waals surface area contributed by atoms with E-state index in [0.717, 1.165) is 16.7 Å². The van der Waals surface area contributed by atoms with Crippen LogP contribution in [0, 0.1) is 16.1 Å². The molecule has 0 atom stereocenters. The van der Waals surface area contributed by atoms with Gasteiger partial charge in [0.05, 0.1) is 11.6 Å². The Labute approximate surface area is 160 Å². The van der Waals surface area contributed by atoms with Crippen molar-refractivity contribution in [1.82, 2.24) is 19.7 Å². The van der Waals surface area contributed by atoms with E-state index in [1.165, 1.54) is 0 Å². The third-order valence-corrected chi connectivity index (χ3v) is 4.10. The minimum Gasteiger partial charge on any atom is -0.303 e. The smallest absolute Gasteiger partial charge is 0.195 e. The number of hydrogen-bond acceptors (Lipinski definition) is 4. The van der Waals surface area contributed by atoms with Crippen molar-refractivity contribution < 1.29 is 0 Å². The highest BCUT2D eigenvalue weighted by Gasteiger charge is 2.14. The van der Waals surface area contributed by atoms with Crippen molar-refractivity contribution in [2.24, 2.45) is 7.05 Å². The van der Waals surface area contributed by atoms with Crippen LogP contribution in [0.1, 0.15) is 19.4 Å². The number of benzene rings is 1. The van der Waals surface area contributed by atoms with Gasteiger partial charge < -0.3 is 4.57 Å². The summed E-state index contributed by atoms with van der Waals surface area (Å²) in [7, 11) is 1.82. The fraction of sp³-hybridized carbons (Fsp3) is 0.176. The summed E-state index contributed by atoms with van der Waals surface area (Å²) in [5.41, 5.74) is 2.84. The molecule has 0 spiro atoms. The van der Waals surface area contributed by atoms with Crippen LogP contribution in [0.25, 0.3) is 22.5 Å². The predicted octanol–water partition coefficient (Wildman–Crippen LogP) is 5.41. The Morgan fingerprint density at radius 1 is 1.12 bits per heavy atom. The van der Waals surface area contributed by atoms with E-state index < -0.39 is 0 Å². The first-order valence-electron chi connectivity index (χ1n) is 7.49. The summed E-state index contributed by atoms with van der Waals surface area (Å²) in [6, 6.07) is 10.8. The largest absolute Gasteiger partial charge is 0.303 e. The molecule has 0 saturated carbocycles. The Hall–Kier alpha value is -2.20. The fourth-order valence-corrected chi connectivity index (χ4v) is 2.85. The zero-order valence-corrected chi connectivity index (χ0v) is 16.2. The first-order valence-corrected chi connectivity index (χ1v) is 8.65. The lowest BCUT2D eigenvalue weighted by molar-refractivity contribution is 0.902. The number of nitrogens with zero attached hydrogens (tertiary/aromatic N) is 4. The molecule has 0 aliphatic rings. The SMILES string of the molecule is CC.Cn1c(-c2ccc(C#N)cc2-c2cc(Cl)nc(Cl)c2)n[nH]c1=S. The number of rotatable bonds is 2. The third-order valence-electron chi connectivity index (χ3n) is 3.34. The molecule has 0 radical (unpaired) electrons. The number of H-pyrrole nitrogens is 1. The lowest BCUT2D eigenvalue weighted by Crippen LogP contribution is -1.96. The van der Waals surface area contributed by atoms with Crippen molar-refractivity contribution in [3.63, 3.8) is 0 Å². The van der Waals surface area contributed by atoms with Gasteiger partial charge in [-0.2, -0.15) is 10.4 Å². The normalized spacial score (nSPS) is 9.92. The van der Waals surface area contributed by atoms with E-state index >= 15 is 0 Å². The summed E-state index contributed by atoms with van der Waals surface area (Å²) in [5, 5.41) is 16.7. The molecule has 3 aromatic rings. The number of aromatic amines is 1. The summed E-state index contributed by atoms with van der Waals surface area (Å²) in [6.07, 6.45) is 0. The highest BCUT2D eigenvalue weighted by molar-refractivity contribution is 7.71. The quantitative estimate of drug-likeness (QED) is 0.468. The van der Waals surface area contributed by atoms with Crippen LogP contribution >= 0.6 is 35.4 Å². The van der Waals surface area contributed by atoms with E-state index in [2.05, 4.69) is 21.3 Å². The molecule has 2 heterocycles. The molecular formula is C17H15Cl2N5S. The molecule has 25 heavy (non-hydrogen) atoms. The van der Waals surface area contributed by atoms with Gasteiger partial charge in [0.25, 0.3) is 0 Å². The zero-order valence-electron chi connectivity index (χ0n) is 13.8. The molecular weight excluding hydrogens is 377 g/mol. The van der Waals surface area contributed by atoms with Crippen molar-refractivity contribution in [1.29, 1.82) is 5.26 Å². The van der Waals surface area contributed by atoms with E-state index in [0.29, 0.717) is 16.2 Å². The number of nitriles is 1. The molecule has 3 rings (SSSR count). The molecule has 0 fully saturated rings. The van der Waals surface area contributed by atoms with Gasteiger partial charge in [0.15, 0.2) is 10.6 Å². The highest BCUT2D eigenvalue weighted by Crippen LogP contribution is 2.33. The number of hydrogen-bond donors (Lipinski definition) is 1. The van der Waals surface area contributed by atoms with E-state index in [1.807, 2.05) is 27.0 Å². The second-order valence-electron chi connectivity index (χ2n) is 4.78. The Kier molecular flexibility index (Phi) is 6.32.